The van der Waals surface area contributed by atoms with E-state index in [9.17, 15) is 9.59 Å². The highest BCUT2D eigenvalue weighted by atomic mass is 16.5. The summed E-state index contributed by atoms with van der Waals surface area (Å²) in [6.45, 7) is 4.85. The molecule has 3 rings (SSSR count). The molecular weight excluding hydrogens is 268 g/mol. The molecule has 0 aromatic heterocycles. The number of carbonyl (C=O) groups excluding carboxylic acids is 2. The van der Waals surface area contributed by atoms with Crippen LogP contribution in [-0.4, -0.2) is 41.9 Å². The summed E-state index contributed by atoms with van der Waals surface area (Å²) < 4.78 is 5.68. The number of para-hydroxylation sites is 1. The molecule has 3 atom stereocenters. The van der Waals surface area contributed by atoms with Crippen LogP contribution in [0.4, 0.5) is 0 Å². The Bertz CT molecular complexity index is 572. The zero-order valence-electron chi connectivity index (χ0n) is 12.3. The number of amides is 2. The second-order valence-corrected chi connectivity index (χ2v) is 5.88. The van der Waals surface area contributed by atoms with Crippen molar-refractivity contribution in [2.45, 2.75) is 38.3 Å². The van der Waals surface area contributed by atoms with Crippen LogP contribution < -0.4 is 10.1 Å². The summed E-state index contributed by atoms with van der Waals surface area (Å²) in [5.41, 5.74) is 1.15. The summed E-state index contributed by atoms with van der Waals surface area (Å²) in [4.78, 5) is 26.0. The summed E-state index contributed by atoms with van der Waals surface area (Å²) in [7, 11) is 0. The van der Waals surface area contributed by atoms with Gasteiger partial charge in [0.1, 0.15) is 11.8 Å². The van der Waals surface area contributed by atoms with Gasteiger partial charge >= 0.3 is 0 Å². The van der Waals surface area contributed by atoms with Crippen molar-refractivity contribution in [1.29, 1.82) is 0 Å². The van der Waals surface area contributed by atoms with Crippen LogP contribution in [0, 0.1) is 0 Å². The molecule has 5 nitrogen and oxygen atoms in total. The summed E-state index contributed by atoms with van der Waals surface area (Å²) in [6.07, 6.45) is 0.352. The first-order valence-corrected chi connectivity index (χ1v) is 7.38. The molecule has 0 radical (unpaired) electrons. The third-order valence-electron chi connectivity index (χ3n) is 4.26. The molecule has 0 spiro atoms. The van der Waals surface area contributed by atoms with Gasteiger partial charge in [-0.15, -0.1) is 0 Å². The van der Waals surface area contributed by atoms with Crippen LogP contribution in [0.2, 0.25) is 0 Å². The summed E-state index contributed by atoms with van der Waals surface area (Å²) in [6, 6.07) is 7.40. The van der Waals surface area contributed by atoms with Crippen molar-refractivity contribution < 1.29 is 14.3 Å². The maximum atomic E-state index is 12.5. The van der Waals surface area contributed by atoms with Crippen molar-refractivity contribution in [3.63, 3.8) is 0 Å². The molecule has 0 bridgehead atoms. The van der Waals surface area contributed by atoms with Gasteiger partial charge in [-0.3, -0.25) is 9.59 Å². The van der Waals surface area contributed by atoms with Crippen molar-refractivity contribution in [2.75, 3.05) is 13.2 Å². The molecule has 112 valence electrons. The number of hydrogen-bond acceptors (Lipinski definition) is 3. The van der Waals surface area contributed by atoms with Gasteiger partial charge in [-0.2, -0.15) is 0 Å². The van der Waals surface area contributed by atoms with E-state index in [1.807, 2.05) is 36.1 Å². The second kappa shape index (κ2) is 5.39. The van der Waals surface area contributed by atoms with Crippen LogP contribution in [0.5, 0.6) is 5.75 Å². The van der Waals surface area contributed by atoms with Gasteiger partial charge in [-0.05, 0) is 19.9 Å². The quantitative estimate of drug-likeness (QED) is 0.892. The molecule has 2 amide bonds. The fourth-order valence-electron chi connectivity index (χ4n) is 3.09. The molecule has 2 aliphatic rings. The first-order valence-electron chi connectivity index (χ1n) is 7.38. The minimum atomic E-state index is -0.458. The number of benzene rings is 1. The van der Waals surface area contributed by atoms with E-state index in [2.05, 4.69) is 5.32 Å². The van der Waals surface area contributed by atoms with Crippen LogP contribution in [0.15, 0.2) is 24.3 Å². The SMILES string of the molecule is CC1NC(=O)CC(C)N(CC2COc3ccccc32)C1=O. The first kappa shape index (κ1) is 13.9. The van der Waals surface area contributed by atoms with E-state index >= 15 is 0 Å². The number of rotatable bonds is 2. The Morgan fingerprint density at radius 1 is 1.29 bits per heavy atom. The number of ether oxygens (including phenoxy) is 1. The average Bonchev–Trinajstić information content (AvgIpc) is 2.83. The smallest absolute Gasteiger partial charge is 0.245 e. The van der Waals surface area contributed by atoms with Crippen LogP contribution in [0.3, 0.4) is 0 Å². The average molecular weight is 288 g/mol. The van der Waals surface area contributed by atoms with Crippen LogP contribution in [0.1, 0.15) is 31.7 Å². The van der Waals surface area contributed by atoms with Gasteiger partial charge in [0.05, 0.1) is 6.61 Å². The van der Waals surface area contributed by atoms with Crippen molar-refractivity contribution in [1.82, 2.24) is 10.2 Å². The molecule has 1 aromatic carbocycles. The van der Waals surface area contributed by atoms with E-state index in [0.717, 1.165) is 11.3 Å². The molecule has 1 N–H and O–H groups in total. The molecule has 1 saturated heterocycles. The molecule has 0 aliphatic carbocycles. The molecule has 2 aliphatic heterocycles. The topological polar surface area (TPSA) is 58.6 Å². The summed E-state index contributed by atoms with van der Waals surface area (Å²) in [5.74, 6) is 0.999. The van der Waals surface area contributed by atoms with E-state index < -0.39 is 6.04 Å². The molecule has 0 saturated carbocycles. The molecule has 1 aromatic rings. The second-order valence-electron chi connectivity index (χ2n) is 5.88. The molecule has 1 fully saturated rings. The van der Waals surface area contributed by atoms with E-state index in [1.54, 1.807) is 6.92 Å². The van der Waals surface area contributed by atoms with Gasteiger partial charge in [0, 0.05) is 30.5 Å². The third-order valence-corrected chi connectivity index (χ3v) is 4.26. The molecule has 21 heavy (non-hydrogen) atoms. The largest absolute Gasteiger partial charge is 0.493 e. The Morgan fingerprint density at radius 2 is 2.05 bits per heavy atom. The normalized spacial score (nSPS) is 28.7. The minimum absolute atomic E-state index is 0.0160. The maximum absolute atomic E-state index is 12.5. The zero-order chi connectivity index (χ0) is 15.0. The predicted octanol–water partition coefficient (Wildman–Crippen LogP) is 1.29. The van der Waals surface area contributed by atoms with Crippen LogP contribution in [-0.2, 0) is 9.59 Å². The van der Waals surface area contributed by atoms with Gasteiger partial charge in [-0.1, -0.05) is 18.2 Å². The van der Waals surface area contributed by atoms with Crippen LogP contribution in [0.25, 0.3) is 0 Å². The van der Waals surface area contributed by atoms with Gasteiger partial charge in [-0.25, -0.2) is 0 Å². The highest BCUT2D eigenvalue weighted by Gasteiger charge is 2.35. The highest BCUT2D eigenvalue weighted by Crippen LogP contribution is 2.34. The van der Waals surface area contributed by atoms with Crippen molar-refractivity contribution in [3.8, 4) is 5.75 Å². The van der Waals surface area contributed by atoms with Crippen LogP contribution >= 0.6 is 0 Å². The lowest BCUT2D eigenvalue weighted by molar-refractivity contribution is -0.134. The standard InChI is InChI=1S/C16H20N2O3/c1-10-7-15(19)17-11(2)16(20)18(10)8-12-9-21-14-6-4-3-5-13(12)14/h3-6,10-12H,7-9H2,1-2H3,(H,17,19). The van der Waals surface area contributed by atoms with Gasteiger partial charge < -0.3 is 15.0 Å². The molecule has 2 heterocycles. The number of fused-ring (bicyclic) bond motifs is 1. The minimum Gasteiger partial charge on any atom is -0.493 e. The predicted molar refractivity (Wildman–Crippen MR) is 78.1 cm³/mol. The van der Waals surface area contributed by atoms with E-state index in [0.29, 0.717) is 19.6 Å². The van der Waals surface area contributed by atoms with Gasteiger partial charge in [0.25, 0.3) is 0 Å². The van der Waals surface area contributed by atoms with Gasteiger partial charge in [0.2, 0.25) is 11.8 Å². The summed E-state index contributed by atoms with van der Waals surface area (Å²) in [5, 5.41) is 2.73. The van der Waals surface area contributed by atoms with Crippen molar-refractivity contribution >= 4 is 11.8 Å². The Labute approximate surface area is 124 Å². The van der Waals surface area contributed by atoms with Gasteiger partial charge in [0.15, 0.2) is 0 Å². The molecule has 5 heteroatoms. The van der Waals surface area contributed by atoms with E-state index in [-0.39, 0.29) is 23.8 Å². The fourth-order valence-corrected chi connectivity index (χ4v) is 3.09. The Morgan fingerprint density at radius 3 is 2.86 bits per heavy atom. The van der Waals surface area contributed by atoms with Crippen molar-refractivity contribution in [2.24, 2.45) is 0 Å². The van der Waals surface area contributed by atoms with Crippen molar-refractivity contribution in [3.05, 3.63) is 29.8 Å². The Kier molecular flexibility index (Phi) is 3.57. The fraction of sp³-hybridized carbons (Fsp3) is 0.500. The molecular formula is C16H20N2O3. The Hall–Kier alpha value is -2.04. The van der Waals surface area contributed by atoms with E-state index in [4.69, 9.17) is 4.74 Å². The lowest BCUT2D eigenvalue weighted by Gasteiger charge is -2.30. The monoisotopic (exact) mass is 288 g/mol. The maximum Gasteiger partial charge on any atom is 0.245 e. The number of nitrogens with one attached hydrogen (secondary N) is 1. The number of hydrogen-bond donors (Lipinski definition) is 1. The molecule has 3 unspecified atom stereocenters. The number of carbonyl (C=O) groups is 2. The lowest BCUT2D eigenvalue weighted by atomic mass is 9.99. The number of nitrogens with zero attached hydrogens (tertiary/aromatic N) is 1. The zero-order valence-corrected chi connectivity index (χ0v) is 12.3. The van der Waals surface area contributed by atoms with E-state index in [1.165, 1.54) is 0 Å². The summed E-state index contributed by atoms with van der Waals surface area (Å²) >= 11 is 0. The third kappa shape index (κ3) is 2.60. The first-order chi connectivity index (χ1) is 10.1. The lowest BCUT2D eigenvalue weighted by Crippen LogP contribution is -2.46. The Balaban J connectivity index is 1.80. The highest BCUT2D eigenvalue weighted by molar-refractivity contribution is 5.90.